The van der Waals surface area contributed by atoms with Gasteiger partial charge in [-0.3, -0.25) is 4.79 Å². The van der Waals surface area contributed by atoms with E-state index in [4.69, 9.17) is 22.1 Å². The number of hydrogen-bond donors (Lipinski definition) is 2. The summed E-state index contributed by atoms with van der Waals surface area (Å²) >= 11 is 5.96. The van der Waals surface area contributed by atoms with Gasteiger partial charge in [0.05, 0.1) is 5.69 Å². The van der Waals surface area contributed by atoms with Gasteiger partial charge >= 0.3 is 0 Å². The van der Waals surface area contributed by atoms with E-state index in [1.54, 1.807) is 37.4 Å². The molecule has 20 heavy (non-hydrogen) atoms. The Morgan fingerprint density at radius 1 is 1.25 bits per heavy atom. The first-order valence-corrected chi connectivity index (χ1v) is 6.44. The summed E-state index contributed by atoms with van der Waals surface area (Å²) in [5.74, 6) is 0.955. The van der Waals surface area contributed by atoms with E-state index in [9.17, 15) is 4.79 Å². The Bertz CT molecular complexity index is 656. The van der Waals surface area contributed by atoms with E-state index >= 15 is 0 Å². The maximum absolute atomic E-state index is 11.5. The van der Waals surface area contributed by atoms with Crippen LogP contribution in [0.25, 0.3) is 0 Å². The van der Waals surface area contributed by atoms with Crippen molar-refractivity contribution in [3.63, 3.8) is 0 Å². The zero-order chi connectivity index (χ0) is 14.7. The minimum absolute atomic E-state index is 0.189. The molecule has 2 aromatic rings. The lowest BCUT2D eigenvalue weighted by molar-refractivity contribution is 0.0963. The van der Waals surface area contributed by atoms with E-state index in [1.807, 2.05) is 13.0 Å². The van der Waals surface area contributed by atoms with Crippen molar-refractivity contribution >= 4 is 23.2 Å². The van der Waals surface area contributed by atoms with Gasteiger partial charge < -0.3 is 15.8 Å². The summed E-state index contributed by atoms with van der Waals surface area (Å²) in [5.41, 5.74) is 7.71. The lowest BCUT2D eigenvalue weighted by atomic mass is 10.1. The number of nitrogen functional groups attached to an aromatic ring is 1. The van der Waals surface area contributed by atoms with Crippen molar-refractivity contribution in [1.29, 1.82) is 0 Å². The van der Waals surface area contributed by atoms with Gasteiger partial charge in [-0.05, 0) is 48.9 Å². The number of hydrogen-bond acceptors (Lipinski definition) is 3. The van der Waals surface area contributed by atoms with Gasteiger partial charge in [0.25, 0.3) is 5.91 Å². The zero-order valence-electron chi connectivity index (χ0n) is 11.2. The van der Waals surface area contributed by atoms with E-state index < -0.39 is 0 Å². The standard InChI is InChI=1S/C15H15ClN2O2/c1-9-7-11(4-5-12(9)16)20-14-6-3-10(8-13(14)17)15(19)18-2/h3-8H,17H2,1-2H3,(H,18,19). The molecule has 0 radical (unpaired) electrons. The van der Waals surface area contributed by atoms with E-state index in [2.05, 4.69) is 5.32 Å². The number of benzene rings is 2. The normalized spacial score (nSPS) is 10.2. The van der Waals surface area contributed by atoms with Crippen LogP contribution in [0.2, 0.25) is 5.02 Å². The minimum Gasteiger partial charge on any atom is -0.455 e. The zero-order valence-corrected chi connectivity index (χ0v) is 12.0. The highest BCUT2D eigenvalue weighted by Crippen LogP contribution is 2.30. The van der Waals surface area contributed by atoms with Crippen molar-refractivity contribution in [2.45, 2.75) is 6.92 Å². The van der Waals surface area contributed by atoms with E-state index in [-0.39, 0.29) is 5.91 Å². The number of anilines is 1. The molecule has 0 aromatic heterocycles. The second kappa shape index (κ2) is 5.84. The number of carbonyl (C=O) groups excluding carboxylic acids is 1. The lowest BCUT2D eigenvalue weighted by Crippen LogP contribution is -2.17. The largest absolute Gasteiger partial charge is 0.455 e. The number of nitrogens with one attached hydrogen (secondary N) is 1. The summed E-state index contributed by atoms with van der Waals surface area (Å²) in [6.45, 7) is 1.90. The van der Waals surface area contributed by atoms with Crippen molar-refractivity contribution in [2.24, 2.45) is 0 Å². The van der Waals surface area contributed by atoms with Crippen molar-refractivity contribution in [1.82, 2.24) is 5.32 Å². The fourth-order valence-corrected chi connectivity index (χ4v) is 1.85. The maximum Gasteiger partial charge on any atom is 0.251 e. The Hall–Kier alpha value is -2.20. The third-order valence-corrected chi connectivity index (χ3v) is 3.28. The Morgan fingerprint density at radius 3 is 2.60 bits per heavy atom. The average molecular weight is 291 g/mol. The molecule has 0 bridgehead atoms. The molecule has 0 saturated carbocycles. The number of aryl methyl sites for hydroxylation is 1. The third-order valence-electron chi connectivity index (χ3n) is 2.86. The molecule has 0 spiro atoms. The second-order valence-electron chi connectivity index (χ2n) is 4.34. The number of rotatable bonds is 3. The van der Waals surface area contributed by atoms with Crippen LogP contribution in [0.1, 0.15) is 15.9 Å². The molecule has 4 nitrogen and oxygen atoms in total. The number of halogens is 1. The molecule has 0 saturated heterocycles. The van der Waals surface area contributed by atoms with Crippen LogP contribution in [-0.2, 0) is 0 Å². The smallest absolute Gasteiger partial charge is 0.251 e. The summed E-state index contributed by atoms with van der Waals surface area (Å²) in [4.78, 5) is 11.5. The summed E-state index contributed by atoms with van der Waals surface area (Å²) in [7, 11) is 1.57. The molecule has 0 fully saturated rings. The first-order valence-electron chi connectivity index (χ1n) is 6.07. The van der Waals surface area contributed by atoms with Crippen molar-refractivity contribution in [3.05, 3.63) is 52.5 Å². The van der Waals surface area contributed by atoms with Gasteiger partial charge in [0, 0.05) is 17.6 Å². The van der Waals surface area contributed by atoms with Crippen LogP contribution in [0.4, 0.5) is 5.69 Å². The predicted octanol–water partition coefficient (Wildman–Crippen LogP) is 3.38. The van der Waals surface area contributed by atoms with E-state index in [0.717, 1.165) is 5.56 Å². The Balaban J connectivity index is 2.25. The molecule has 0 aliphatic heterocycles. The minimum atomic E-state index is -0.189. The Kier molecular flexibility index (Phi) is 4.15. The number of nitrogens with two attached hydrogens (primary N) is 1. The van der Waals surface area contributed by atoms with Crippen LogP contribution < -0.4 is 15.8 Å². The van der Waals surface area contributed by atoms with Crippen LogP contribution in [0.5, 0.6) is 11.5 Å². The number of carbonyl (C=O) groups is 1. The van der Waals surface area contributed by atoms with Gasteiger partial charge in [-0.25, -0.2) is 0 Å². The van der Waals surface area contributed by atoms with Crippen LogP contribution >= 0.6 is 11.6 Å². The summed E-state index contributed by atoms with van der Waals surface area (Å²) < 4.78 is 5.70. The van der Waals surface area contributed by atoms with Gasteiger partial charge in [0.1, 0.15) is 11.5 Å². The fraction of sp³-hybridized carbons (Fsp3) is 0.133. The Morgan fingerprint density at radius 2 is 2.00 bits per heavy atom. The third kappa shape index (κ3) is 3.03. The summed E-state index contributed by atoms with van der Waals surface area (Å²) in [6.07, 6.45) is 0. The van der Waals surface area contributed by atoms with Crippen LogP contribution in [-0.4, -0.2) is 13.0 Å². The molecule has 0 aliphatic rings. The average Bonchev–Trinajstić information content (AvgIpc) is 2.44. The lowest BCUT2D eigenvalue weighted by Gasteiger charge is -2.10. The van der Waals surface area contributed by atoms with Crippen molar-refractivity contribution in [2.75, 3.05) is 12.8 Å². The van der Waals surface area contributed by atoms with Crippen molar-refractivity contribution in [3.8, 4) is 11.5 Å². The highest BCUT2D eigenvalue weighted by Gasteiger charge is 2.08. The SMILES string of the molecule is CNC(=O)c1ccc(Oc2ccc(Cl)c(C)c2)c(N)c1. The fourth-order valence-electron chi connectivity index (χ4n) is 1.73. The summed E-state index contributed by atoms with van der Waals surface area (Å²) in [5, 5.41) is 3.22. The van der Waals surface area contributed by atoms with Crippen LogP contribution in [0.3, 0.4) is 0 Å². The molecule has 0 unspecified atom stereocenters. The molecule has 2 rings (SSSR count). The molecule has 3 N–H and O–H groups in total. The molecule has 5 heteroatoms. The van der Waals surface area contributed by atoms with Crippen molar-refractivity contribution < 1.29 is 9.53 Å². The monoisotopic (exact) mass is 290 g/mol. The molecule has 0 atom stereocenters. The molecular formula is C15H15ClN2O2. The molecular weight excluding hydrogens is 276 g/mol. The van der Waals surface area contributed by atoms with Gasteiger partial charge in [0.2, 0.25) is 0 Å². The van der Waals surface area contributed by atoms with Gasteiger partial charge in [-0.1, -0.05) is 11.6 Å². The van der Waals surface area contributed by atoms with E-state index in [0.29, 0.717) is 27.8 Å². The molecule has 0 heterocycles. The Labute approximate surface area is 122 Å². The maximum atomic E-state index is 11.5. The quantitative estimate of drug-likeness (QED) is 0.852. The molecule has 2 aromatic carbocycles. The first-order chi connectivity index (χ1) is 9.51. The van der Waals surface area contributed by atoms with Gasteiger partial charge in [0.15, 0.2) is 0 Å². The van der Waals surface area contributed by atoms with Crippen LogP contribution in [0, 0.1) is 6.92 Å². The first kappa shape index (κ1) is 14.2. The highest BCUT2D eigenvalue weighted by atomic mass is 35.5. The number of amides is 1. The second-order valence-corrected chi connectivity index (χ2v) is 4.75. The summed E-state index contributed by atoms with van der Waals surface area (Å²) in [6, 6.07) is 10.3. The predicted molar refractivity (Wildman–Crippen MR) is 80.5 cm³/mol. The highest BCUT2D eigenvalue weighted by molar-refractivity contribution is 6.31. The van der Waals surface area contributed by atoms with Gasteiger partial charge in [-0.15, -0.1) is 0 Å². The topological polar surface area (TPSA) is 64.3 Å². The molecule has 0 aliphatic carbocycles. The molecule has 104 valence electrons. The van der Waals surface area contributed by atoms with Crippen LogP contribution in [0.15, 0.2) is 36.4 Å². The number of ether oxygens (including phenoxy) is 1. The molecule has 1 amide bonds. The van der Waals surface area contributed by atoms with Gasteiger partial charge in [-0.2, -0.15) is 0 Å². The van der Waals surface area contributed by atoms with E-state index in [1.165, 1.54) is 0 Å².